The Bertz CT molecular complexity index is 290. The minimum atomic E-state index is 0.666. The molecule has 2 rings (SSSR count). The molecule has 0 aromatic heterocycles. The number of rotatable bonds is 0. The fourth-order valence-corrected chi connectivity index (χ4v) is 1.60. The molecule has 0 atom stereocenters. The molecule has 4 nitrogen and oxygen atoms in total. The summed E-state index contributed by atoms with van der Waals surface area (Å²) in [7, 11) is 0. The van der Waals surface area contributed by atoms with Crippen molar-refractivity contribution in [3.63, 3.8) is 0 Å². The summed E-state index contributed by atoms with van der Waals surface area (Å²) in [5.41, 5.74) is 2.24. The van der Waals surface area contributed by atoms with Gasteiger partial charge in [-0.3, -0.25) is 0 Å². The molecular weight excluding hydrogens is 204 g/mol. The number of fused-ring (bicyclic) bond motifs is 2. The summed E-state index contributed by atoms with van der Waals surface area (Å²) in [6.45, 7) is 4.40. The van der Waals surface area contributed by atoms with Crippen LogP contribution in [0.15, 0.2) is 24.3 Å². The van der Waals surface area contributed by atoms with E-state index in [0.29, 0.717) is 26.4 Å². The Labute approximate surface area is 95.9 Å². The molecule has 0 amide bonds. The van der Waals surface area contributed by atoms with Gasteiger partial charge in [0.05, 0.1) is 26.4 Å². The number of nitrogens with one attached hydrogen (secondary N) is 2. The lowest BCUT2D eigenvalue weighted by Crippen LogP contribution is -2.13. The van der Waals surface area contributed by atoms with Crippen molar-refractivity contribution in [3.05, 3.63) is 24.3 Å². The predicted octanol–water partition coefficient (Wildman–Crippen LogP) is 1.56. The Hall–Kier alpha value is -1.26. The second-order valence-corrected chi connectivity index (χ2v) is 3.66. The van der Waals surface area contributed by atoms with Crippen LogP contribution in [0.1, 0.15) is 0 Å². The van der Waals surface area contributed by atoms with Crippen molar-refractivity contribution in [2.45, 2.75) is 0 Å². The highest BCUT2D eigenvalue weighted by molar-refractivity contribution is 5.56. The molecule has 2 bridgehead atoms. The van der Waals surface area contributed by atoms with E-state index >= 15 is 0 Å². The molecule has 0 unspecified atom stereocenters. The zero-order valence-corrected chi connectivity index (χ0v) is 9.37. The monoisotopic (exact) mass is 222 g/mol. The van der Waals surface area contributed by atoms with Crippen molar-refractivity contribution >= 4 is 11.4 Å². The largest absolute Gasteiger partial charge is 0.383 e. The Balaban J connectivity index is 1.95. The molecule has 0 spiro atoms. The molecule has 16 heavy (non-hydrogen) atoms. The van der Waals surface area contributed by atoms with Gasteiger partial charge in [0.2, 0.25) is 0 Å². The van der Waals surface area contributed by atoms with Crippen LogP contribution in [0.2, 0.25) is 0 Å². The first kappa shape index (κ1) is 11.2. The van der Waals surface area contributed by atoms with Crippen LogP contribution < -0.4 is 10.6 Å². The average Bonchev–Trinajstić information content (AvgIpc) is 2.32. The fourth-order valence-electron chi connectivity index (χ4n) is 1.60. The van der Waals surface area contributed by atoms with E-state index in [1.54, 1.807) is 0 Å². The zero-order chi connectivity index (χ0) is 11.1. The third kappa shape index (κ3) is 3.72. The molecular formula is C12H18N2O2. The molecule has 2 N–H and O–H groups in total. The van der Waals surface area contributed by atoms with E-state index in [-0.39, 0.29) is 0 Å². The minimum Gasteiger partial charge on any atom is -0.383 e. The highest BCUT2D eigenvalue weighted by Gasteiger charge is 1.97. The van der Waals surface area contributed by atoms with Gasteiger partial charge >= 0.3 is 0 Å². The molecule has 0 saturated heterocycles. The van der Waals surface area contributed by atoms with Gasteiger partial charge in [0, 0.05) is 24.5 Å². The molecule has 0 radical (unpaired) electrons. The van der Waals surface area contributed by atoms with E-state index in [2.05, 4.69) is 28.8 Å². The maximum atomic E-state index is 5.41. The molecule has 1 aliphatic heterocycles. The number of anilines is 2. The van der Waals surface area contributed by atoms with Crippen LogP contribution in [0, 0.1) is 0 Å². The summed E-state index contributed by atoms with van der Waals surface area (Å²) in [5, 5.41) is 6.63. The van der Waals surface area contributed by atoms with Crippen LogP contribution in [0.25, 0.3) is 0 Å². The van der Waals surface area contributed by atoms with Crippen molar-refractivity contribution in [1.82, 2.24) is 0 Å². The van der Waals surface area contributed by atoms with Crippen molar-refractivity contribution in [2.24, 2.45) is 0 Å². The van der Waals surface area contributed by atoms with E-state index in [1.807, 2.05) is 6.07 Å². The first-order valence-electron chi connectivity index (χ1n) is 5.68. The van der Waals surface area contributed by atoms with Gasteiger partial charge in [0.15, 0.2) is 0 Å². The van der Waals surface area contributed by atoms with Gasteiger partial charge in [-0.1, -0.05) is 6.07 Å². The number of benzene rings is 1. The molecule has 0 fully saturated rings. The summed E-state index contributed by atoms with van der Waals surface area (Å²) >= 11 is 0. The summed E-state index contributed by atoms with van der Waals surface area (Å²) in [4.78, 5) is 0. The standard InChI is InChI=1S/C12H18N2O2/c1-2-11-10-12(3-1)14-5-7-16-9-8-15-6-4-13-11/h1-3,10,13-14H,4-9H2. The molecule has 1 heterocycles. The van der Waals surface area contributed by atoms with Gasteiger partial charge in [0.1, 0.15) is 0 Å². The lowest BCUT2D eigenvalue weighted by atomic mass is 10.2. The van der Waals surface area contributed by atoms with E-state index in [4.69, 9.17) is 9.47 Å². The molecule has 1 aromatic rings. The highest BCUT2D eigenvalue weighted by atomic mass is 16.5. The third-order valence-electron chi connectivity index (χ3n) is 2.39. The smallest absolute Gasteiger partial charge is 0.0701 e. The van der Waals surface area contributed by atoms with Gasteiger partial charge in [-0.15, -0.1) is 0 Å². The average molecular weight is 222 g/mol. The van der Waals surface area contributed by atoms with Gasteiger partial charge in [-0.25, -0.2) is 0 Å². The van der Waals surface area contributed by atoms with Crippen molar-refractivity contribution in [1.29, 1.82) is 0 Å². The van der Waals surface area contributed by atoms with Crippen LogP contribution in [0.3, 0.4) is 0 Å². The summed E-state index contributed by atoms with van der Waals surface area (Å²) < 4.78 is 10.8. The number of hydrogen-bond acceptors (Lipinski definition) is 4. The Morgan fingerprint density at radius 2 is 1.38 bits per heavy atom. The van der Waals surface area contributed by atoms with Crippen molar-refractivity contribution in [3.8, 4) is 0 Å². The van der Waals surface area contributed by atoms with Gasteiger partial charge < -0.3 is 20.1 Å². The summed E-state index contributed by atoms with van der Waals surface area (Å²) in [6, 6.07) is 8.24. The maximum Gasteiger partial charge on any atom is 0.0701 e. The van der Waals surface area contributed by atoms with Gasteiger partial charge in [-0.2, -0.15) is 0 Å². The van der Waals surface area contributed by atoms with E-state index in [9.17, 15) is 0 Å². The topological polar surface area (TPSA) is 42.5 Å². The van der Waals surface area contributed by atoms with E-state index in [0.717, 1.165) is 24.5 Å². The highest BCUT2D eigenvalue weighted by Crippen LogP contribution is 2.14. The van der Waals surface area contributed by atoms with Crippen LogP contribution in [0.5, 0.6) is 0 Å². The molecule has 0 aliphatic carbocycles. The number of hydrogen-bond donors (Lipinski definition) is 2. The van der Waals surface area contributed by atoms with Crippen LogP contribution in [-0.4, -0.2) is 39.5 Å². The Kier molecular flexibility index (Phi) is 4.46. The molecule has 0 saturated carbocycles. The van der Waals surface area contributed by atoms with Crippen LogP contribution in [-0.2, 0) is 9.47 Å². The minimum absolute atomic E-state index is 0.666. The van der Waals surface area contributed by atoms with E-state index < -0.39 is 0 Å². The first-order valence-corrected chi connectivity index (χ1v) is 5.68. The molecule has 1 aromatic carbocycles. The lowest BCUT2D eigenvalue weighted by Gasteiger charge is -2.08. The second kappa shape index (κ2) is 6.35. The van der Waals surface area contributed by atoms with Crippen LogP contribution >= 0.6 is 0 Å². The first-order chi connectivity index (χ1) is 7.95. The van der Waals surface area contributed by atoms with E-state index in [1.165, 1.54) is 0 Å². The fraction of sp³-hybridized carbons (Fsp3) is 0.500. The van der Waals surface area contributed by atoms with Crippen LogP contribution in [0.4, 0.5) is 11.4 Å². The third-order valence-corrected chi connectivity index (χ3v) is 2.39. The normalized spacial score (nSPS) is 18.2. The molecule has 88 valence electrons. The van der Waals surface area contributed by atoms with Gasteiger partial charge in [-0.05, 0) is 18.2 Å². The quantitative estimate of drug-likeness (QED) is 0.699. The summed E-state index contributed by atoms with van der Waals surface area (Å²) in [6.07, 6.45) is 0. The Morgan fingerprint density at radius 3 is 1.94 bits per heavy atom. The Morgan fingerprint density at radius 1 is 0.812 bits per heavy atom. The predicted molar refractivity (Wildman–Crippen MR) is 65.1 cm³/mol. The lowest BCUT2D eigenvalue weighted by molar-refractivity contribution is 0.0557. The zero-order valence-electron chi connectivity index (χ0n) is 9.37. The maximum absolute atomic E-state index is 5.41. The number of ether oxygens (including phenoxy) is 2. The second-order valence-electron chi connectivity index (χ2n) is 3.66. The SMILES string of the molecule is c1cc2cc(c1)NCCOCCOCCN2. The summed E-state index contributed by atoms with van der Waals surface area (Å²) in [5.74, 6) is 0. The van der Waals surface area contributed by atoms with Crippen molar-refractivity contribution in [2.75, 3.05) is 50.2 Å². The van der Waals surface area contributed by atoms with Gasteiger partial charge in [0.25, 0.3) is 0 Å². The molecule has 1 aliphatic rings. The van der Waals surface area contributed by atoms with Crippen molar-refractivity contribution < 1.29 is 9.47 Å². The molecule has 4 heteroatoms.